The fourth-order valence-electron chi connectivity index (χ4n) is 6.04. The summed E-state index contributed by atoms with van der Waals surface area (Å²) in [7, 11) is 0. The topological polar surface area (TPSA) is 9.23 Å². The van der Waals surface area contributed by atoms with Crippen molar-refractivity contribution in [2.75, 3.05) is 0 Å². The lowest BCUT2D eigenvalue weighted by molar-refractivity contribution is 0.206. The van der Waals surface area contributed by atoms with Crippen molar-refractivity contribution in [3.05, 3.63) is 102 Å². The van der Waals surface area contributed by atoms with Crippen LogP contribution in [0.15, 0.2) is 91.0 Å². The van der Waals surface area contributed by atoms with Gasteiger partial charge in [0.25, 0.3) is 0 Å². The summed E-state index contributed by atoms with van der Waals surface area (Å²) >= 11 is 0. The zero-order valence-corrected chi connectivity index (χ0v) is 27.3. The second-order valence-electron chi connectivity index (χ2n) is 12.5. The average Bonchev–Trinajstić information content (AvgIpc) is 3.03. The van der Waals surface area contributed by atoms with Gasteiger partial charge in [-0.2, -0.15) is 0 Å². The monoisotopic (exact) mass is 574 g/mol. The van der Waals surface area contributed by atoms with Gasteiger partial charge in [-0.3, -0.25) is 0 Å². The van der Waals surface area contributed by atoms with Crippen molar-refractivity contribution in [1.82, 2.24) is 0 Å². The fraction of sp³-hybridized carbons (Fsp3) is 0.429. The van der Waals surface area contributed by atoms with Crippen molar-refractivity contribution in [2.24, 2.45) is 0 Å². The van der Waals surface area contributed by atoms with Crippen LogP contribution < -0.4 is 4.74 Å². The Hall–Kier alpha value is -3.32. The number of benzene rings is 4. The summed E-state index contributed by atoms with van der Waals surface area (Å²) in [6.45, 7) is 8.91. The van der Waals surface area contributed by atoms with Gasteiger partial charge in [-0.05, 0) is 96.2 Å². The maximum Gasteiger partial charge on any atom is 0.119 e. The van der Waals surface area contributed by atoms with Gasteiger partial charge < -0.3 is 4.74 Å². The molecule has 4 aromatic rings. The molecule has 4 rings (SSSR count). The van der Waals surface area contributed by atoms with Crippen molar-refractivity contribution in [3.8, 4) is 39.1 Å². The summed E-state index contributed by atoms with van der Waals surface area (Å²) in [6.07, 6.45) is 17.3. The molecule has 0 N–H and O–H groups in total. The third-order valence-corrected chi connectivity index (χ3v) is 8.77. The summed E-state index contributed by atoms with van der Waals surface area (Å²) in [5.41, 5.74) is 10.3. The zero-order valence-electron chi connectivity index (χ0n) is 27.3. The van der Waals surface area contributed by atoms with Crippen molar-refractivity contribution < 1.29 is 4.74 Å². The molecule has 0 aliphatic heterocycles. The minimum atomic E-state index is 0.258. The lowest BCUT2D eigenvalue weighted by Gasteiger charge is -2.15. The Bertz CT molecular complexity index is 1330. The largest absolute Gasteiger partial charge is 0.491 e. The zero-order chi connectivity index (χ0) is 30.3. The summed E-state index contributed by atoms with van der Waals surface area (Å²) in [6, 6.07) is 33.7. The molecular formula is C42H54O. The summed E-state index contributed by atoms with van der Waals surface area (Å²) in [5, 5.41) is 0. The molecule has 0 spiro atoms. The molecule has 0 aliphatic carbocycles. The first-order valence-electron chi connectivity index (χ1n) is 17.1. The van der Waals surface area contributed by atoms with Crippen LogP contribution in [0.5, 0.6) is 5.75 Å². The molecule has 1 heteroatoms. The van der Waals surface area contributed by atoms with E-state index in [1.54, 1.807) is 0 Å². The molecule has 43 heavy (non-hydrogen) atoms. The van der Waals surface area contributed by atoms with E-state index in [4.69, 9.17) is 4.74 Å². The smallest absolute Gasteiger partial charge is 0.119 e. The van der Waals surface area contributed by atoms with Crippen molar-refractivity contribution in [2.45, 2.75) is 117 Å². The molecular weight excluding hydrogens is 520 g/mol. The Balaban J connectivity index is 1.29. The van der Waals surface area contributed by atoms with Gasteiger partial charge in [0, 0.05) is 0 Å². The maximum atomic E-state index is 6.14. The highest BCUT2D eigenvalue weighted by atomic mass is 16.5. The molecule has 0 radical (unpaired) electrons. The van der Waals surface area contributed by atoms with Crippen LogP contribution in [0.3, 0.4) is 0 Å². The number of hydrogen-bond acceptors (Lipinski definition) is 1. The van der Waals surface area contributed by atoms with Gasteiger partial charge in [-0.25, -0.2) is 0 Å². The minimum absolute atomic E-state index is 0.258. The van der Waals surface area contributed by atoms with Crippen LogP contribution in [0.25, 0.3) is 33.4 Å². The Kier molecular flexibility index (Phi) is 13.4. The molecule has 0 bridgehead atoms. The summed E-state index contributed by atoms with van der Waals surface area (Å²) in [4.78, 5) is 0. The molecule has 228 valence electrons. The third kappa shape index (κ3) is 10.4. The maximum absolute atomic E-state index is 6.14. The number of unbranched alkanes of at least 4 members (excludes halogenated alkanes) is 9. The predicted molar refractivity (Wildman–Crippen MR) is 188 cm³/mol. The van der Waals surface area contributed by atoms with Gasteiger partial charge >= 0.3 is 0 Å². The first-order valence-corrected chi connectivity index (χ1v) is 17.1. The lowest BCUT2D eigenvalue weighted by Crippen LogP contribution is -2.11. The quantitative estimate of drug-likeness (QED) is 0.107. The molecule has 0 aromatic heterocycles. The van der Waals surface area contributed by atoms with Gasteiger partial charge in [0.15, 0.2) is 0 Å². The molecule has 1 atom stereocenters. The first kappa shape index (κ1) is 32.6. The number of aryl methyl sites for hydroxylation is 2. The Morgan fingerprint density at radius 1 is 0.512 bits per heavy atom. The molecule has 0 amide bonds. The van der Waals surface area contributed by atoms with Gasteiger partial charge in [-0.15, -0.1) is 0 Å². The summed E-state index contributed by atoms with van der Waals surface area (Å²) in [5.74, 6) is 0.959. The van der Waals surface area contributed by atoms with Gasteiger partial charge in [0.2, 0.25) is 0 Å². The van der Waals surface area contributed by atoms with Crippen LogP contribution in [0.2, 0.25) is 0 Å². The van der Waals surface area contributed by atoms with Crippen LogP contribution in [0, 0.1) is 6.92 Å². The first-order chi connectivity index (χ1) is 21.1. The van der Waals surface area contributed by atoms with Gasteiger partial charge in [0.05, 0.1) is 6.10 Å². The molecule has 1 nitrogen and oxygen atoms in total. The molecule has 0 fully saturated rings. The normalized spacial score (nSPS) is 11.9. The van der Waals surface area contributed by atoms with E-state index >= 15 is 0 Å². The van der Waals surface area contributed by atoms with E-state index in [9.17, 15) is 0 Å². The van der Waals surface area contributed by atoms with E-state index in [0.29, 0.717) is 0 Å². The average molecular weight is 575 g/mol. The molecule has 0 heterocycles. The van der Waals surface area contributed by atoms with Crippen molar-refractivity contribution in [3.63, 3.8) is 0 Å². The molecule has 0 saturated carbocycles. The number of hydrogen-bond donors (Lipinski definition) is 0. The minimum Gasteiger partial charge on any atom is -0.491 e. The van der Waals surface area contributed by atoms with Crippen molar-refractivity contribution in [1.29, 1.82) is 0 Å². The van der Waals surface area contributed by atoms with E-state index in [-0.39, 0.29) is 6.10 Å². The van der Waals surface area contributed by atoms with E-state index < -0.39 is 0 Å². The number of rotatable bonds is 18. The fourth-order valence-corrected chi connectivity index (χ4v) is 6.04. The molecule has 1 unspecified atom stereocenters. The number of ether oxygens (including phenoxy) is 1. The van der Waals surface area contributed by atoms with Gasteiger partial charge in [0.1, 0.15) is 5.75 Å². The Labute approximate surface area is 262 Å². The lowest BCUT2D eigenvalue weighted by atomic mass is 9.94. The second-order valence-corrected chi connectivity index (χ2v) is 12.5. The van der Waals surface area contributed by atoms with Crippen LogP contribution in [0.1, 0.15) is 109 Å². The van der Waals surface area contributed by atoms with E-state index in [1.807, 2.05) is 0 Å². The highest BCUT2D eigenvalue weighted by Crippen LogP contribution is 2.31. The van der Waals surface area contributed by atoms with Gasteiger partial charge in [-0.1, -0.05) is 150 Å². The van der Waals surface area contributed by atoms with E-state index in [1.165, 1.54) is 122 Å². The SMILES string of the molecule is CCCCCCCCCCc1ccc(-c2ccc(-c3ccc(-c4ccc(OC(C)CCCCC)cc4)c(C)c3)cc2)cc1. The predicted octanol–water partition coefficient (Wildman–Crippen LogP) is 13.0. The summed E-state index contributed by atoms with van der Waals surface area (Å²) < 4.78 is 6.14. The molecule has 0 aliphatic rings. The molecule has 4 aromatic carbocycles. The van der Waals surface area contributed by atoms with Crippen LogP contribution >= 0.6 is 0 Å². The Morgan fingerprint density at radius 3 is 1.60 bits per heavy atom. The molecule has 0 saturated heterocycles. The Morgan fingerprint density at radius 2 is 1.00 bits per heavy atom. The van der Waals surface area contributed by atoms with Crippen LogP contribution in [0.4, 0.5) is 0 Å². The highest BCUT2D eigenvalue weighted by Gasteiger charge is 2.08. The highest BCUT2D eigenvalue weighted by molar-refractivity contribution is 5.75. The standard InChI is InChI=1S/C42H54O/c1-5-7-9-10-11-12-13-15-17-35-18-20-36(21-19-35)37-22-24-38(25-23-37)40-28-31-42(33(3)32-40)39-26-29-41(30-27-39)43-34(4)16-14-8-6-2/h18-32,34H,5-17H2,1-4H3. The van der Waals surface area contributed by atoms with Crippen LogP contribution in [-0.4, -0.2) is 6.10 Å². The second kappa shape index (κ2) is 17.7. The van der Waals surface area contributed by atoms with Crippen LogP contribution in [-0.2, 0) is 6.42 Å². The van der Waals surface area contributed by atoms with E-state index in [0.717, 1.165) is 12.2 Å². The van der Waals surface area contributed by atoms with Crippen molar-refractivity contribution >= 4 is 0 Å². The van der Waals surface area contributed by atoms with E-state index in [2.05, 4.69) is 119 Å². The third-order valence-electron chi connectivity index (χ3n) is 8.77.